The van der Waals surface area contributed by atoms with Gasteiger partial charge in [0.1, 0.15) is 12.7 Å². The molecule has 1 atom stereocenters. The van der Waals surface area contributed by atoms with Crippen LogP contribution in [0.5, 0.6) is 0 Å². The van der Waals surface area contributed by atoms with Crippen LogP contribution in [0, 0.1) is 6.92 Å². The van der Waals surface area contributed by atoms with Crippen LogP contribution >= 0.6 is 0 Å². The molecule has 0 saturated carbocycles. The third-order valence-electron chi connectivity index (χ3n) is 3.78. The van der Waals surface area contributed by atoms with Crippen molar-refractivity contribution >= 4 is 0 Å². The van der Waals surface area contributed by atoms with E-state index >= 15 is 0 Å². The first kappa shape index (κ1) is 14.7. The molecule has 5 nitrogen and oxygen atoms in total. The van der Waals surface area contributed by atoms with Gasteiger partial charge in [-0.25, -0.2) is 9.67 Å². The third kappa shape index (κ3) is 3.23. The lowest BCUT2D eigenvalue weighted by molar-refractivity contribution is 0.169. The Hall–Kier alpha value is -1.72. The second-order valence-corrected chi connectivity index (χ2v) is 5.39. The van der Waals surface area contributed by atoms with E-state index in [1.807, 2.05) is 13.0 Å². The van der Waals surface area contributed by atoms with Crippen LogP contribution in [0.3, 0.4) is 0 Å². The number of rotatable bonds is 6. The highest BCUT2D eigenvalue weighted by molar-refractivity contribution is 5.41. The van der Waals surface area contributed by atoms with Gasteiger partial charge in [-0.2, -0.15) is 5.10 Å². The van der Waals surface area contributed by atoms with Crippen LogP contribution in [-0.2, 0) is 6.54 Å². The number of hydrogen-bond acceptors (Lipinski definition) is 4. The zero-order valence-corrected chi connectivity index (χ0v) is 12.3. The van der Waals surface area contributed by atoms with Crippen LogP contribution in [0.2, 0.25) is 0 Å². The van der Waals surface area contributed by atoms with Gasteiger partial charge in [-0.1, -0.05) is 19.1 Å². The maximum absolute atomic E-state index is 9.41. The maximum atomic E-state index is 9.41. The minimum atomic E-state index is -0.224. The van der Waals surface area contributed by atoms with Crippen LogP contribution in [-0.4, -0.2) is 32.0 Å². The predicted octanol–water partition coefficient (Wildman–Crippen LogP) is 1.83. The van der Waals surface area contributed by atoms with Crippen LogP contribution in [0.1, 0.15) is 31.4 Å². The molecule has 0 bridgehead atoms. The van der Waals surface area contributed by atoms with E-state index in [4.69, 9.17) is 0 Å². The van der Waals surface area contributed by atoms with Gasteiger partial charge in [-0.3, -0.25) is 0 Å². The molecule has 0 aliphatic heterocycles. The lowest BCUT2D eigenvalue weighted by Crippen LogP contribution is -2.44. The fourth-order valence-corrected chi connectivity index (χ4v) is 2.03. The van der Waals surface area contributed by atoms with Crippen LogP contribution in [0.25, 0.3) is 5.69 Å². The molecule has 2 rings (SSSR count). The number of aliphatic hydroxyl groups is 1. The molecule has 1 heterocycles. The van der Waals surface area contributed by atoms with E-state index in [9.17, 15) is 5.11 Å². The Morgan fingerprint density at radius 2 is 2.20 bits per heavy atom. The lowest BCUT2D eigenvalue weighted by Gasteiger charge is -2.27. The van der Waals surface area contributed by atoms with Crippen molar-refractivity contribution in [2.75, 3.05) is 6.61 Å². The topological polar surface area (TPSA) is 63.0 Å². The molecule has 20 heavy (non-hydrogen) atoms. The summed E-state index contributed by atoms with van der Waals surface area (Å²) in [7, 11) is 0. The van der Waals surface area contributed by atoms with Crippen LogP contribution < -0.4 is 5.32 Å². The van der Waals surface area contributed by atoms with Crippen molar-refractivity contribution < 1.29 is 5.11 Å². The first-order valence-electron chi connectivity index (χ1n) is 6.88. The van der Waals surface area contributed by atoms with Gasteiger partial charge in [0, 0.05) is 12.1 Å². The number of aryl methyl sites for hydroxylation is 1. The number of aliphatic hydroxyl groups excluding tert-OH is 1. The molecule has 0 aliphatic rings. The summed E-state index contributed by atoms with van der Waals surface area (Å²) >= 11 is 0. The average molecular weight is 274 g/mol. The standard InChI is InChI=1S/C15H22N4O/c1-4-15(3,9-20)17-8-13-5-6-14(12(2)7-13)19-11-16-10-18-19/h5-7,10-11,17,20H,4,8-9H2,1-3H3. The summed E-state index contributed by atoms with van der Waals surface area (Å²) < 4.78 is 1.76. The molecule has 0 amide bonds. The van der Waals surface area contributed by atoms with Gasteiger partial charge in [0.05, 0.1) is 12.3 Å². The van der Waals surface area contributed by atoms with Crippen LogP contribution in [0.4, 0.5) is 0 Å². The first-order chi connectivity index (χ1) is 9.58. The van der Waals surface area contributed by atoms with E-state index in [1.165, 1.54) is 11.9 Å². The zero-order chi connectivity index (χ0) is 14.6. The summed E-state index contributed by atoms with van der Waals surface area (Å²) in [6, 6.07) is 6.26. The van der Waals surface area contributed by atoms with Crippen molar-refractivity contribution in [2.24, 2.45) is 0 Å². The van der Waals surface area contributed by atoms with E-state index in [-0.39, 0.29) is 12.1 Å². The summed E-state index contributed by atoms with van der Waals surface area (Å²) in [4.78, 5) is 3.96. The molecule has 1 unspecified atom stereocenters. The molecule has 2 N–H and O–H groups in total. The summed E-state index contributed by atoms with van der Waals surface area (Å²) in [6.07, 6.45) is 4.11. The van der Waals surface area contributed by atoms with Gasteiger partial charge >= 0.3 is 0 Å². The van der Waals surface area contributed by atoms with Crippen molar-refractivity contribution in [2.45, 2.75) is 39.3 Å². The maximum Gasteiger partial charge on any atom is 0.138 e. The van der Waals surface area contributed by atoms with Crippen molar-refractivity contribution in [3.8, 4) is 5.69 Å². The van der Waals surface area contributed by atoms with Gasteiger partial charge < -0.3 is 10.4 Å². The number of nitrogens with one attached hydrogen (secondary N) is 1. The van der Waals surface area contributed by atoms with Crippen molar-refractivity contribution in [3.63, 3.8) is 0 Å². The summed E-state index contributed by atoms with van der Waals surface area (Å²) in [5.74, 6) is 0. The minimum Gasteiger partial charge on any atom is -0.394 e. The SMILES string of the molecule is CCC(C)(CO)NCc1ccc(-n2cncn2)c(C)c1. The van der Waals surface area contributed by atoms with E-state index in [2.05, 4.69) is 41.4 Å². The Balaban J connectivity index is 2.10. The average Bonchev–Trinajstić information content (AvgIpc) is 2.99. The van der Waals surface area contributed by atoms with E-state index < -0.39 is 0 Å². The normalized spacial score (nSPS) is 14.2. The Kier molecular flexibility index (Phi) is 4.52. The molecule has 0 fully saturated rings. The Morgan fingerprint density at radius 1 is 1.40 bits per heavy atom. The Bertz CT molecular complexity index is 547. The highest BCUT2D eigenvalue weighted by Crippen LogP contribution is 2.16. The minimum absolute atomic E-state index is 0.138. The second-order valence-electron chi connectivity index (χ2n) is 5.39. The summed E-state index contributed by atoms with van der Waals surface area (Å²) in [6.45, 7) is 7.04. The largest absolute Gasteiger partial charge is 0.394 e. The highest BCUT2D eigenvalue weighted by Gasteiger charge is 2.19. The Morgan fingerprint density at radius 3 is 2.75 bits per heavy atom. The fraction of sp³-hybridized carbons (Fsp3) is 0.467. The molecule has 108 valence electrons. The van der Waals surface area contributed by atoms with E-state index in [1.54, 1.807) is 11.0 Å². The quantitative estimate of drug-likeness (QED) is 0.843. The molecule has 0 radical (unpaired) electrons. The zero-order valence-electron chi connectivity index (χ0n) is 12.3. The van der Waals surface area contributed by atoms with Crippen molar-refractivity contribution in [1.82, 2.24) is 20.1 Å². The highest BCUT2D eigenvalue weighted by atomic mass is 16.3. The summed E-state index contributed by atoms with van der Waals surface area (Å²) in [5, 5.41) is 17.0. The number of nitrogens with zero attached hydrogens (tertiary/aromatic N) is 3. The van der Waals surface area contributed by atoms with Crippen molar-refractivity contribution in [3.05, 3.63) is 42.0 Å². The van der Waals surface area contributed by atoms with Crippen molar-refractivity contribution in [1.29, 1.82) is 0 Å². The van der Waals surface area contributed by atoms with Gasteiger partial charge in [0.2, 0.25) is 0 Å². The van der Waals surface area contributed by atoms with Gasteiger partial charge in [0.25, 0.3) is 0 Å². The van der Waals surface area contributed by atoms with Crippen LogP contribution in [0.15, 0.2) is 30.9 Å². The molecule has 1 aromatic carbocycles. The second kappa shape index (κ2) is 6.15. The number of benzene rings is 1. The smallest absolute Gasteiger partial charge is 0.138 e. The van der Waals surface area contributed by atoms with E-state index in [0.29, 0.717) is 0 Å². The van der Waals surface area contributed by atoms with E-state index in [0.717, 1.165) is 24.2 Å². The lowest BCUT2D eigenvalue weighted by atomic mass is 9.99. The number of aromatic nitrogens is 3. The predicted molar refractivity (Wildman–Crippen MR) is 78.7 cm³/mol. The molecule has 2 aromatic rings. The first-order valence-corrected chi connectivity index (χ1v) is 6.88. The molecule has 0 spiro atoms. The van der Waals surface area contributed by atoms with Gasteiger partial charge in [0.15, 0.2) is 0 Å². The molecular weight excluding hydrogens is 252 g/mol. The molecule has 0 aliphatic carbocycles. The van der Waals surface area contributed by atoms with Gasteiger partial charge in [-0.15, -0.1) is 0 Å². The molecule has 1 aromatic heterocycles. The summed E-state index contributed by atoms with van der Waals surface area (Å²) in [5.41, 5.74) is 3.15. The molecule has 5 heteroatoms. The Labute approximate surface area is 119 Å². The van der Waals surface area contributed by atoms with Gasteiger partial charge in [-0.05, 0) is 37.5 Å². The molecular formula is C15H22N4O. The molecule has 0 saturated heterocycles. The fourth-order valence-electron chi connectivity index (χ4n) is 2.03. The third-order valence-corrected chi connectivity index (χ3v) is 3.78. The monoisotopic (exact) mass is 274 g/mol. The number of hydrogen-bond donors (Lipinski definition) is 2.